The van der Waals surface area contributed by atoms with Crippen LogP contribution in [0.15, 0.2) is 11.6 Å². The second kappa shape index (κ2) is 8.30. The molecule has 0 radical (unpaired) electrons. The molecule has 4 aliphatic carbocycles. The first-order valence-electron chi connectivity index (χ1n) is 14.7. The summed E-state index contributed by atoms with van der Waals surface area (Å²) in [4.78, 5) is 24.1. The molecule has 0 N–H and O–H groups in total. The first-order valence-corrected chi connectivity index (χ1v) is 14.7. The molecule has 206 valence electrons. The maximum atomic E-state index is 12.5. The molecule has 0 amide bonds. The highest BCUT2D eigenvalue weighted by molar-refractivity contribution is 5.66. The molecule has 37 heavy (non-hydrogen) atoms. The topological polar surface area (TPSA) is 71.1 Å². The lowest BCUT2D eigenvalue weighted by Gasteiger charge is -2.61. The fraction of sp³-hybridized carbons (Fsp3) is 0.871. The van der Waals surface area contributed by atoms with E-state index < -0.39 is 5.79 Å². The highest BCUT2D eigenvalue weighted by atomic mass is 16.7. The zero-order chi connectivity index (χ0) is 26.5. The third kappa shape index (κ3) is 3.71. The number of hydrogen-bond acceptors (Lipinski definition) is 6. The van der Waals surface area contributed by atoms with Crippen LogP contribution >= 0.6 is 0 Å². The number of hydrogen-bond donors (Lipinski definition) is 0. The lowest BCUT2D eigenvalue weighted by molar-refractivity contribution is -0.245. The molecular formula is C31H46O6. The molecule has 2 saturated heterocycles. The molecule has 2 aliphatic heterocycles. The summed E-state index contributed by atoms with van der Waals surface area (Å²) in [6, 6.07) is 0. The summed E-state index contributed by atoms with van der Waals surface area (Å²) < 4.78 is 25.4. The summed E-state index contributed by atoms with van der Waals surface area (Å²) in [6.45, 7) is 14.5. The standard InChI is InChI=1S/C31H46O6/c1-17-27-25(36-31(17)13-12-28(4,5)37-31)15-24-22-9-8-20-14-21(34-18(2)32)10-11-29(20,6)23(22)16-26(30(24,27)7)35-19(3)33/h15,17,20-23,25-27H,8-14,16H2,1-7H3/t17-,20?,21?,22?,23?,25?,26?,27?,29?,30?,31-/m0/s1. The van der Waals surface area contributed by atoms with Gasteiger partial charge in [0.1, 0.15) is 12.2 Å². The van der Waals surface area contributed by atoms with Crippen LogP contribution in [0.3, 0.4) is 0 Å². The molecule has 0 aromatic heterocycles. The maximum Gasteiger partial charge on any atom is 0.302 e. The molecular weight excluding hydrogens is 468 g/mol. The monoisotopic (exact) mass is 514 g/mol. The number of fused-ring (bicyclic) bond motifs is 7. The average molecular weight is 515 g/mol. The minimum atomic E-state index is -0.541. The van der Waals surface area contributed by atoms with Crippen LogP contribution in [0.4, 0.5) is 0 Å². The van der Waals surface area contributed by atoms with Gasteiger partial charge in [0.05, 0.1) is 11.7 Å². The highest BCUT2D eigenvalue weighted by Crippen LogP contribution is 2.70. The maximum absolute atomic E-state index is 12.5. The molecule has 0 bridgehead atoms. The molecule has 5 fully saturated rings. The van der Waals surface area contributed by atoms with E-state index in [1.807, 2.05) is 0 Å². The molecule has 9 unspecified atom stereocenters. The SMILES string of the molecule is CC(=O)OC1CCC2(C)C(CCC3C4=CC5O[C@]6(CCC(C)(C)O6)[C@@H](C)C5C4(C)C(OC(C)=O)CC32)C1. The number of carbonyl (C=O) groups excluding carboxylic acids is 2. The Hall–Kier alpha value is -1.40. The fourth-order valence-corrected chi connectivity index (χ4v) is 10.2. The summed E-state index contributed by atoms with van der Waals surface area (Å²) in [6.07, 6.45) is 10.4. The zero-order valence-electron chi connectivity index (χ0n) is 23.8. The van der Waals surface area contributed by atoms with Crippen molar-refractivity contribution in [3.63, 3.8) is 0 Å². The highest BCUT2D eigenvalue weighted by Gasteiger charge is 2.70. The van der Waals surface area contributed by atoms with Gasteiger partial charge in [-0.2, -0.15) is 0 Å². The van der Waals surface area contributed by atoms with Gasteiger partial charge in [-0.1, -0.05) is 32.4 Å². The van der Waals surface area contributed by atoms with Gasteiger partial charge in [-0.3, -0.25) is 9.59 Å². The van der Waals surface area contributed by atoms with Crippen LogP contribution in [0.2, 0.25) is 0 Å². The van der Waals surface area contributed by atoms with Gasteiger partial charge >= 0.3 is 11.9 Å². The summed E-state index contributed by atoms with van der Waals surface area (Å²) in [5.74, 6) is 1.03. The van der Waals surface area contributed by atoms with Crippen molar-refractivity contribution in [2.75, 3.05) is 0 Å². The molecule has 6 heteroatoms. The molecule has 3 saturated carbocycles. The van der Waals surface area contributed by atoms with Crippen molar-refractivity contribution in [1.82, 2.24) is 0 Å². The Kier molecular flexibility index (Phi) is 5.80. The van der Waals surface area contributed by atoms with E-state index in [1.54, 1.807) is 6.92 Å². The van der Waals surface area contributed by atoms with Gasteiger partial charge in [-0.05, 0) is 82.0 Å². The van der Waals surface area contributed by atoms with Crippen molar-refractivity contribution >= 4 is 11.9 Å². The van der Waals surface area contributed by atoms with Crippen LogP contribution in [0.1, 0.15) is 99.8 Å². The van der Waals surface area contributed by atoms with Gasteiger partial charge in [0.25, 0.3) is 0 Å². The van der Waals surface area contributed by atoms with E-state index in [0.29, 0.717) is 17.8 Å². The molecule has 2 heterocycles. The van der Waals surface area contributed by atoms with Crippen LogP contribution in [-0.2, 0) is 28.5 Å². The van der Waals surface area contributed by atoms with E-state index in [2.05, 4.69) is 40.7 Å². The Bertz CT molecular complexity index is 1020. The first-order chi connectivity index (χ1) is 17.3. The molecule has 11 atom stereocenters. The van der Waals surface area contributed by atoms with Crippen LogP contribution < -0.4 is 0 Å². The summed E-state index contributed by atoms with van der Waals surface area (Å²) >= 11 is 0. The van der Waals surface area contributed by atoms with E-state index in [1.165, 1.54) is 12.5 Å². The second-order valence-electron chi connectivity index (χ2n) is 14.3. The van der Waals surface area contributed by atoms with Gasteiger partial charge in [0.15, 0.2) is 5.79 Å². The summed E-state index contributed by atoms with van der Waals surface area (Å²) in [5.41, 5.74) is 1.22. The van der Waals surface area contributed by atoms with E-state index in [4.69, 9.17) is 18.9 Å². The quantitative estimate of drug-likeness (QED) is 0.334. The second-order valence-corrected chi connectivity index (χ2v) is 14.3. The Balaban J connectivity index is 1.34. The van der Waals surface area contributed by atoms with Crippen LogP contribution in [0.25, 0.3) is 0 Å². The van der Waals surface area contributed by atoms with Crippen molar-refractivity contribution in [2.45, 2.75) is 130 Å². The number of carbonyl (C=O) groups is 2. The van der Waals surface area contributed by atoms with E-state index in [0.717, 1.165) is 51.4 Å². The first kappa shape index (κ1) is 25.9. The lowest BCUT2D eigenvalue weighted by Crippen LogP contribution is -2.58. The van der Waals surface area contributed by atoms with Gasteiger partial charge in [0.2, 0.25) is 0 Å². The van der Waals surface area contributed by atoms with E-state index in [-0.39, 0.29) is 58.5 Å². The lowest BCUT2D eigenvalue weighted by atomic mass is 9.45. The van der Waals surface area contributed by atoms with Gasteiger partial charge in [-0.15, -0.1) is 0 Å². The largest absolute Gasteiger partial charge is 0.463 e. The van der Waals surface area contributed by atoms with Crippen molar-refractivity contribution < 1.29 is 28.5 Å². The minimum Gasteiger partial charge on any atom is -0.463 e. The predicted octanol–water partition coefficient (Wildman–Crippen LogP) is 5.97. The smallest absolute Gasteiger partial charge is 0.302 e. The molecule has 6 rings (SSSR count). The Morgan fingerprint density at radius 1 is 0.946 bits per heavy atom. The summed E-state index contributed by atoms with van der Waals surface area (Å²) in [7, 11) is 0. The molecule has 6 nitrogen and oxygen atoms in total. The van der Waals surface area contributed by atoms with Crippen molar-refractivity contribution in [2.24, 2.45) is 40.4 Å². The number of rotatable bonds is 2. The van der Waals surface area contributed by atoms with Crippen LogP contribution in [0.5, 0.6) is 0 Å². The van der Waals surface area contributed by atoms with Gasteiger partial charge < -0.3 is 18.9 Å². The number of ether oxygens (including phenoxy) is 4. The van der Waals surface area contributed by atoms with Crippen LogP contribution in [-0.4, -0.2) is 41.6 Å². The average Bonchev–Trinajstić information content (AvgIpc) is 3.37. The Labute approximate surface area is 222 Å². The minimum absolute atomic E-state index is 0.00550. The number of esters is 2. The van der Waals surface area contributed by atoms with E-state index in [9.17, 15) is 9.59 Å². The molecule has 6 aliphatic rings. The Morgan fingerprint density at radius 3 is 2.32 bits per heavy atom. The van der Waals surface area contributed by atoms with Gasteiger partial charge in [-0.25, -0.2) is 0 Å². The van der Waals surface area contributed by atoms with Crippen molar-refractivity contribution in [3.05, 3.63) is 11.6 Å². The van der Waals surface area contributed by atoms with Crippen molar-refractivity contribution in [3.8, 4) is 0 Å². The van der Waals surface area contributed by atoms with Crippen molar-refractivity contribution in [1.29, 1.82) is 0 Å². The molecule has 0 aromatic carbocycles. The summed E-state index contributed by atoms with van der Waals surface area (Å²) in [5, 5.41) is 0. The molecule has 0 aromatic rings. The normalized spacial score (nSPS) is 51.5. The predicted molar refractivity (Wildman–Crippen MR) is 138 cm³/mol. The van der Waals surface area contributed by atoms with E-state index >= 15 is 0 Å². The van der Waals surface area contributed by atoms with Crippen LogP contribution in [0, 0.1) is 40.4 Å². The third-order valence-corrected chi connectivity index (χ3v) is 11.9. The fourth-order valence-electron chi connectivity index (χ4n) is 10.2. The molecule has 1 spiro atoms. The Morgan fingerprint density at radius 2 is 1.68 bits per heavy atom. The van der Waals surface area contributed by atoms with Gasteiger partial charge in [0, 0.05) is 37.5 Å². The zero-order valence-corrected chi connectivity index (χ0v) is 23.8. The third-order valence-electron chi connectivity index (χ3n) is 11.9.